The molecule has 5 heteroatoms. The van der Waals surface area contributed by atoms with E-state index in [9.17, 15) is 0 Å². The average molecular weight is 221 g/mol. The van der Waals surface area contributed by atoms with Gasteiger partial charge in [-0.2, -0.15) is 0 Å². The van der Waals surface area contributed by atoms with E-state index >= 15 is 0 Å². The van der Waals surface area contributed by atoms with Gasteiger partial charge >= 0.3 is 0 Å². The van der Waals surface area contributed by atoms with E-state index in [0.717, 1.165) is 16.9 Å². The summed E-state index contributed by atoms with van der Waals surface area (Å²) >= 11 is 0. The number of benzene rings is 1. The molecule has 0 spiro atoms. The number of nitrogens with zero attached hydrogens (tertiary/aromatic N) is 3. The van der Waals surface area contributed by atoms with Crippen molar-refractivity contribution in [1.82, 2.24) is 15.0 Å². The number of rotatable bonds is 0. The molecule has 0 radical (unpaired) electrons. The Morgan fingerprint density at radius 3 is 3.00 bits per heavy atom. The van der Waals surface area contributed by atoms with Crippen LogP contribution in [-0.2, 0) is 0 Å². The zero-order chi connectivity index (χ0) is 9.38. The van der Waals surface area contributed by atoms with Crippen molar-refractivity contribution < 1.29 is 0 Å². The smallest absolute Gasteiger partial charge is 0.0958 e. The van der Waals surface area contributed by atoms with Crippen LogP contribution in [0.1, 0.15) is 0 Å². The highest BCUT2D eigenvalue weighted by molar-refractivity contribution is 5.85. The van der Waals surface area contributed by atoms with Gasteiger partial charge in [0.15, 0.2) is 0 Å². The lowest BCUT2D eigenvalue weighted by Crippen LogP contribution is -1.90. The molecule has 0 bridgehead atoms. The van der Waals surface area contributed by atoms with Crippen LogP contribution in [0.5, 0.6) is 0 Å². The fraction of sp³-hybridized carbons (Fsp3) is 0. The van der Waals surface area contributed by atoms with Crippen LogP contribution in [0.2, 0.25) is 0 Å². The number of hydrogen-bond acceptors (Lipinski definition) is 3. The van der Waals surface area contributed by atoms with Gasteiger partial charge in [-0.05, 0) is 6.07 Å². The van der Waals surface area contributed by atoms with Crippen molar-refractivity contribution in [2.45, 2.75) is 0 Å². The number of para-hydroxylation sites is 1. The third kappa shape index (κ3) is 1.49. The van der Waals surface area contributed by atoms with Gasteiger partial charge in [0.05, 0.1) is 11.9 Å². The zero-order valence-corrected chi connectivity index (χ0v) is 8.61. The highest BCUT2D eigenvalue weighted by Gasteiger charge is 2.10. The number of nitrogens with one attached hydrogen (secondary N) is 1. The molecule has 15 heavy (non-hydrogen) atoms. The highest BCUT2D eigenvalue weighted by Crippen LogP contribution is 2.28. The van der Waals surface area contributed by atoms with Crippen LogP contribution in [0.15, 0.2) is 36.7 Å². The van der Waals surface area contributed by atoms with E-state index < -0.39 is 0 Å². The van der Waals surface area contributed by atoms with Crippen LogP contribution < -0.4 is 5.32 Å². The van der Waals surface area contributed by atoms with Crippen LogP contribution in [0.3, 0.4) is 0 Å². The van der Waals surface area contributed by atoms with Gasteiger partial charge in [0.2, 0.25) is 0 Å². The second-order valence-corrected chi connectivity index (χ2v) is 3.07. The van der Waals surface area contributed by atoms with Gasteiger partial charge in [0.1, 0.15) is 0 Å². The Labute approximate surface area is 93.0 Å². The topological polar surface area (TPSA) is 42.7 Å². The van der Waals surface area contributed by atoms with Crippen LogP contribution in [0, 0.1) is 0 Å². The summed E-state index contributed by atoms with van der Waals surface area (Å²) in [7, 11) is 0. The number of fused-ring (bicyclic) bond motifs is 3. The molecule has 0 saturated heterocycles. The molecule has 2 aromatic rings. The van der Waals surface area contributed by atoms with Crippen molar-refractivity contribution in [3.05, 3.63) is 36.7 Å². The Hall–Kier alpha value is -1.81. The molecule has 4 nitrogen and oxygen atoms in total. The predicted molar refractivity (Wildman–Crippen MR) is 61.7 cm³/mol. The van der Waals surface area contributed by atoms with Gasteiger partial charge < -0.3 is 5.32 Å². The van der Waals surface area contributed by atoms with Crippen molar-refractivity contribution in [2.24, 2.45) is 0 Å². The molecule has 1 aromatic carbocycles. The number of anilines is 1. The molecular weight excluding hydrogens is 212 g/mol. The Morgan fingerprint density at radius 1 is 1.20 bits per heavy atom. The minimum Gasteiger partial charge on any atom is -0.360 e. The Morgan fingerprint density at radius 2 is 2.07 bits per heavy atom. The third-order valence-corrected chi connectivity index (χ3v) is 2.23. The molecule has 1 N–H and O–H groups in total. The monoisotopic (exact) mass is 220 g/mol. The summed E-state index contributed by atoms with van der Waals surface area (Å²) in [6.07, 6.45) is 5.46. The summed E-state index contributed by atoms with van der Waals surface area (Å²) in [5.74, 6) is 0. The quantitative estimate of drug-likeness (QED) is 0.740. The fourth-order valence-electron chi connectivity index (χ4n) is 1.58. The van der Waals surface area contributed by atoms with E-state index in [1.807, 2.05) is 36.7 Å². The van der Waals surface area contributed by atoms with Crippen LogP contribution in [-0.4, -0.2) is 15.0 Å². The maximum atomic E-state index is 3.96. The van der Waals surface area contributed by atoms with E-state index in [4.69, 9.17) is 0 Å². The summed E-state index contributed by atoms with van der Waals surface area (Å²) < 4.78 is 1.75. The minimum atomic E-state index is 0. The Balaban J connectivity index is 0.000000853. The summed E-state index contributed by atoms with van der Waals surface area (Å²) in [6, 6.07) is 8.08. The number of halogens is 1. The number of hydrogen-bond donors (Lipinski definition) is 1. The second kappa shape index (κ2) is 3.74. The molecule has 0 saturated carbocycles. The number of aromatic nitrogens is 3. The van der Waals surface area contributed by atoms with Gasteiger partial charge in [-0.15, -0.1) is 17.5 Å². The normalized spacial score (nSPS) is 11.7. The van der Waals surface area contributed by atoms with Gasteiger partial charge in [-0.3, -0.25) is 0 Å². The lowest BCUT2D eigenvalue weighted by atomic mass is 10.1. The SMILES string of the molecule is C1=Cn2nncc2-c2ccccc2N1.Cl. The Kier molecular flexibility index (Phi) is 2.43. The fourth-order valence-corrected chi connectivity index (χ4v) is 1.58. The van der Waals surface area contributed by atoms with Gasteiger partial charge in [0, 0.05) is 23.7 Å². The predicted octanol–water partition coefficient (Wildman–Crippen LogP) is 2.22. The summed E-state index contributed by atoms with van der Waals surface area (Å²) in [6.45, 7) is 0. The molecule has 0 atom stereocenters. The van der Waals surface area contributed by atoms with E-state index in [2.05, 4.69) is 15.6 Å². The van der Waals surface area contributed by atoms with Crippen molar-refractivity contribution in [3.63, 3.8) is 0 Å². The first-order valence-electron chi connectivity index (χ1n) is 4.38. The van der Waals surface area contributed by atoms with Crippen molar-refractivity contribution >= 4 is 24.3 Å². The van der Waals surface area contributed by atoms with Crippen molar-refractivity contribution in [2.75, 3.05) is 5.32 Å². The van der Waals surface area contributed by atoms with Gasteiger partial charge in [-0.25, -0.2) is 4.68 Å². The molecule has 0 aliphatic carbocycles. The minimum absolute atomic E-state index is 0. The zero-order valence-electron chi connectivity index (χ0n) is 7.79. The third-order valence-electron chi connectivity index (χ3n) is 2.23. The molecule has 0 unspecified atom stereocenters. The lowest BCUT2D eigenvalue weighted by Gasteiger charge is -2.04. The molecule has 1 aromatic heterocycles. The molecule has 76 valence electrons. The standard InChI is InChI=1S/C10H8N4.ClH/c1-2-4-9-8(3-1)10-7-12-13-14(10)6-5-11-9;/h1-7,11H;1H. The van der Waals surface area contributed by atoms with Crippen LogP contribution in [0.4, 0.5) is 5.69 Å². The first-order valence-corrected chi connectivity index (χ1v) is 4.38. The van der Waals surface area contributed by atoms with Crippen LogP contribution >= 0.6 is 12.4 Å². The largest absolute Gasteiger partial charge is 0.360 e. The first kappa shape index (κ1) is 9.73. The van der Waals surface area contributed by atoms with E-state index in [1.165, 1.54) is 0 Å². The lowest BCUT2D eigenvalue weighted by molar-refractivity contribution is 0.845. The van der Waals surface area contributed by atoms with Gasteiger partial charge in [-0.1, -0.05) is 23.4 Å². The van der Waals surface area contributed by atoms with E-state index in [1.54, 1.807) is 10.9 Å². The van der Waals surface area contributed by atoms with Crippen LogP contribution in [0.25, 0.3) is 17.5 Å². The van der Waals surface area contributed by atoms with E-state index in [0.29, 0.717) is 0 Å². The summed E-state index contributed by atoms with van der Waals surface area (Å²) in [5, 5.41) is 11.0. The molecule has 1 aliphatic rings. The molecule has 3 rings (SSSR count). The maximum absolute atomic E-state index is 3.96. The highest BCUT2D eigenvalue weighted by atomic mass is 35.5. The van der Waals surface area contributed by atoms with E-state index in [-0.39, 0.29) is 12.4 Å². The molecule has 0 fully saturated rings. The summed E-state index contributed by atoms with van der Waals surface area (Å²) in [4.78, 5) is 0. The molecule has 1 aliphatic heterocycles. The molecule has 0 amide bonds. The summed E-state index contributed by atoms with van der Waals surface area (Å²) in [5.41, 5.74) is 3.19. The first-order chi connectivity index (χ1) is 6.95. The average Bonchev–Trinajstić information content (AvgIpc) is 2.61. The van der Waals surface area contributed by atoms with Crippen molar-refractivity contribution in [1.29, 1.82) is 0 Å². The maximum Gasteiger partial charge on any atom is 0.0958 e. The van der Waals surface area contributed by atoms with Crippen molar-refractivity contribution in [3.8, 4) is 11.3 Å². The second-order valence-electron chi connectivity index (χ2n) is 3.07. The molecule has 2 heterocycles. The Bertz CT molecular complexity index is 504. The molecular formula is C10H9ClN4. The van der Waals surface area contributed by atoms with Gasteiger partial charge in [0.25, 0.3) is 0 Å².